The van der Waals surface area contributed by atoms with E-state index in [1.807, 2.05) is 41.8 Å². The Morgan fingerprint density at radius 3 is 1.86 bits per heavy atom. The molecule has 0 fully saturated rings. The normalized spacial score (nSPS) is 11.9. The van der Waals surface area contributed by atoms with E-state index in [1.165, 1.54) is 31.1 Å². The van der Waals surface area contributed by atoms with Crippen LogP contribution in [0.5, 0.6) is 0 Å². The van der Waals surface area contributed by atoms with E-state index >= 15 is 0 Å². The highest BCUT2D eigenvalue weighted by Crippen LogP contribution is 2.51. The zero-order chi connectivity index (χ0) is 33.5. The number of rotatable bonds is 4. The summed E-state index contributed by atoms with van der Waals surface area (Å²) in [5.41, 5.74) is 7.24. The van der Waals surface area contributed by atoms with E-state index in [0.717, 1.165) is 53.4 Å². The Bertz CT molecular complexity index is 3130. The lowest BCUT2D eigenvalue weighted by Gasteiger charge is -2.12. The largest absolute Gasteiger partial charge is 0.276 e. The van der Waals surface area contributed by atoms with Crippen molar-refractivity contribution >= 4 is 85.0 Å². The molecule has 0 amide bonds. The van der Waals surface area contributed by atoms with Crippen LogP contribution in [0, 0.1) is 0 Å². The summed E-state index contributed by atoms with van der Waals surface area (Å²) in [5.74, 6) is 1.81. The molecule has 0 bridgehead atoms. The minimum absolute atomic E-state index is 0.572. The van der Waals surface area contributed by atoms with Crippen LogP contribution in [0.15, 0.2) is 146 Å². The smallest absolute Gasteiger partial charge is 0.238 e. The van der Waals surface area contributed by atoms with Gasteiger partial charge in [-0.1, -0.05) is 121 Å². The predicted octanol–water partition coefficient (Wildman–Crippen LogP) is 11.5. The molecule has 11 rings (SSSR count). The molecule has 0 aliphatic heterocycles. The molecule has 5 heterocycles. The summed E-state index contributed by atoms with van der Waals surface area (Å²) in [4.78, 5) is 24.9. The summed E-state index contributed by atoms with van der Waals surface area (Å²) in [6.07, 6.45) is 3.59. The lowest BCUT2D eigenvalue weighted by atomic mass is 10.0. The van der Waals surface area contributed by atoms with Crippen molar-refractivity contribution in [2.24, 2.45) is 0 Å². The summed E-state index contributed by atoms with van der Waals surface area (Å²) in [5, 5.41) is 5.99. The van der Waals surface area contributed by atoms with Crippen LogP contribution in [-0.2, 0) is 0 Å². The minimum atomic E-state index is 0.572. The average molecular weight is 689 g/mol. The van der Waals surface area contributed by atoms with Crippen LogP contribution in [-0.4, -0.2) is 29.5 Å². The van der Waals surface area contributed by atoms with Crippen molar-refractivity contribution in [1.82, 2.24) is 29.5 Å². The van der Waals surface area contributed by atoms with Crippen molar-refractivity contribution in [3.8, 4) is 39.9 Å². The Morgan fingerprint density at radius 1 is 0.471 bits per heavy atom. The highest BCUT2D eigenvalue weighted by Gasteiger charge is 2.26. The molecule has 0 saturated carbocycles. The van der Waals surface area contributed by atoms with Crippen molar-refractivity contribution in [3.63, 3.8) is 0 Å². The number of nitrogens with zero attached hydrogens (tertiary/aromatic N) is 6. The second-order valence-corrected chi connectivity index (χ2v) is 14.6. The summed E-state index contributed by atoms with van der Waals surface area (Å²) in [6, 6.07) is 46.3. The zero-order valence-corrected chi connectivity index (χ0v) is 28.5. The maximum absolute atomic E-state index is 5.28. The van der Waals surface area contributed by atoms with Crippen molar-refractivity contribution < 1.29 is 0 Å². The summed E-state index contributed by atoms with van der Waals surface area (Å²) in [6.45, 7) is 0. The van der Waals surface area contributed by atoms with Gasteiger partial charge in [0.1, 0.15) is 6.33 Å². The van der Waals surface area contributed by atoms with E-state index in [4.69, 9.17) is 19.9 Å². The Hall–Kier alpha value is -6.35. The van der Waals surface area contributed by atoms with Crippen molar-refractivity contribution in [1.29, 1.82) is 0 Å². The van der Waals surface area contributed by atoms with E-state index in [2.05, 4.69) is 119 Å². The van der Waals surface area contributed by atoms with Gasteiger partial charge >= 0.3 is 0 Å². The van der Waals surface area contributed by atoms with Crippen LogP contribution >= 0.6 is 22.7 Å². The molecule has 238 valence electrons. The number of benzene rings is 6. The number of para-hydroxylation sites is 1. The fraction of sp³-hybridized carbons (Fsp3) is 0. The van der Waals surface area contributed by atoms with Crippen LogP contribution in [0.25, 0.3) is 102 Å². The number of fused-ring (bicyclic) bond motifs is 12. The van der Waals surface area contributed by atoms with Gasteiger partial charge < -0.3 is 0 Å². The average Bonchev–Trinajstić information content (AvgIpc) is 3.88. The molecule has 0 unspecified atom stereocenters. The van der Waals surface area contributed by atoms with Crippen LogP contribution < -0.4 is 0 Å². The fourth-order valence-electron chi connectivity index (χ4n) is 7.36. The number of hydrogen-bond donors (Lipinski definition) is 0. The topological polar surface area (TPSA) is 69.4 Å². The van der Waals surface area contributed by atoms with Gasteiger partial charge in [0.25, 0.3) is 0 Å². The Morgan fingerprint density at radius 2 is 1.08 bits per heavy atom. The third kappa shape index (κ3) is 4.30. The van der Waals surface area contributed by atoms with Gasteiger partial charge in [0.2, 0.25) is 5.95 Å². The van der Waals surface area contributed by atoms with E-state index in [9.17, 15) is 0 Å². The molecule has 51 heavy (non-hydrogen) atoms. The first-order valence-electron chi connectivity index (χ1n) is 16.7. The van der Waals surface area contributed by atoms with Crippen molar-refractivity contribution in [2.75, 3.05) is 0 Å². The summed E-state index contributed by atoms with van der Waals surface area (Å²) >= 11 is 3.57. The van der Waals surface area contributed by atoms with Crippen molar-refractivity contribution in [2.45, 2.75) is 0 Å². The van der Waals surface area contributed by atoms with Gasteiger partial charge in [-0.15, -0.1) is 22.7 Å². The zero-order valence-electron chi connectivity index (χ0n) is 26.9. The molecule has 6 nitrogen and oxygen atoms in total. The van der Waals surface area contributed by atoms with Crippen molar-refractivity contribution in [3.05, 3.63) is 146 Å². The number of thiophene rings is 2. The SMILES string of the molecule is c1ccc(-c2ccc(-c3nc(-c4ccccc4)nc(-n4c5ccccc5c5c6sc7ccccc7c6c6c7ncncc7sc6c54)n3)cc2)cc1. The van der Waals surface area contributed by atoms with Crippen LogP contribution in [0.2, 0.25) is 0 Å². The molecule has 0 N–H and O–H groups in total. The quantitative estimate of drug-likeness (QED) is 0.184. The van der Waals surface area contributed by atoms with Gasteiger partial charge in [0, 0.05) is 53.7 Å². The molecular formula is C43H24N6S2. The molecule has 0 atom stereocenters. The van der Waals surface area contributed by atoms with E-state index < -0.39 is 0 Å². The van der Waals surface area contributed by atoms with Gasteiger partial charge in [-0.25, -0.2) is 15.0 Å². The fourth-order valence-corrected chi connectivity index (χ4v) is 9.81. The second kappa shape index (κ2) is 11.1. The number of hydrogen-bond acceptors (Lipinski definition) is 7. The summed E-state index contributed by atoms with van der Waals surface area (Å²) < 4.78 is 6.92. The molecule has 0 aliphatic rings. The first-order valence-corrected chi connectivity index (χ1v) is 18.3. The highest BCUT2D eigenvalue weighted by molar-refractivity contribution is 7.29. The molecular weight excluding hydrogens is 665 g/mol. The molecule has 11 aromatic rings. The molecule has 0 spiro atoms. The standard InChI is InChI=1S/C43H24N6S2/c1-3-11-25(12-4-1)26-19-21-28(22-20-26)42-46-41(27-13-5-2-6-14-27)47-43(48-42)49-31-17-9-7-15-29(31)35-38(49)40-36(37-33(51-40)23-44-24-45-37)34-30-16-8-10-18-32(30)50-39(34)35/h1-24H. The Labute approximate surface area is 299 Å². The highest BCUT2D eigenvalue weighted by atomic mass is 32.1. The Kier molecular flexibility index (Phi) is 6.19. The van der Waals surface area contributed by atoms with Crippen LogP contribution in [0.3, 0.4) is 0 Å². The Balaban J connectivity index is 1.27. The third-order valence-electron chi connectivity index (χ3n) is 9.62. The third-order valence-corrected chi connectivity index (χ3v) is 11.9. The van der Waals surface area contributed by atoms with Gasteiger partial charge in [0.05, 0.1) is 25.9 Å². The maximum atomic E-state index is 5.28. The van der Waals surface area contributed by atoms with Crippen LogP contribution in [0.1, 0.15) is 0 Å². The molecule has 0 radical (unpaired) electrons. The van der Waals surface area contributed by atoms with Gasteiger partial charge in [-0.2, -0.15) is 9.97 Å². The second-order valence-electron chi connectivity index (χ2n) is 12.5. The van der Waals surface area contributed by atoms with Gasteiger partial charge in [-0.05, 0) is 23.3 Å². The lowest BCUT2D eigenvalue weighted by molar-refractivity contribution is 0.955. The van der Waals surface area contributed by atoms with E-state index in [-0.39, 0.29) is 0 Å². The molecule has 8 heteroatoms. The number of aromatic nitrogens is 6. The molecule has 5 aromatic heterocycles. The van der Waals surface area contributed by atoms with E-state index in [0.29, 0.717) is 17.6 Å². The minimum Gasteiger partial charge on any atom is -0.276 e. The first-order chi connectivity index (χ1) is 25.3. The monoisotopic (exact) mass is 688 g/mol. The van der Waals surface area contributed by atoms with Gasteiger partial charge in [0.15, 0.2) is 11.6 Å². The molecule has 6 aromatic carbocycles. The maximum Gasteiger partial charge on any atom is 0.238 e. The lowest BCUT2D eigenvalue weighted by Crippen LogP contribution is -2.06. The molecule has 0 saturated heterocycles. The summed E-state index contributed by atoms with van der Waals surface area (Å²) in [7, 11) is 0. The van der Waals surface area contributed by atoms with E-state index in [1.54, 1.807) is 17.7 Å². The first kappa shape index (κ1) is 28.5. The predicted molar refractivity (Wildman–Crippen MR) is 212 cm³/mol. The van der Waals surface area contributed by atoms with Crippen LogP contribution in [0.4, 0.5) is 0 Å². The molecule has 0 aliphatic carbocycles. The van der Waals surface area contributed by atoms with Gasteiger partial charge in [-0.3, -0.25) is 4.57 Å².